The monoisotopic (exact) mass is 464 g/mol. The molecule has 1 heterocycles. The number of rotatable bonds is 6. The molecule has 7 nitrogen and oxygen atoms in total. The molecule has 0 aliphatic carbocycles. The summed E-state index contributed by atoms with van der Waals surface area (Å²) in [6.07, 6.45) is -3.60. The zero-order chi connectivity index (χ0) is 22.1. The predicted octanol–water partition coefficient (Wildman–Crippen LogP) is 4.46. The van der Waals surface area contributed by atoms with Crippen LogP contribution in [0.2, 0.25) is 5.02 Å². The number of para-hydroxylation sites is 2. The molecule has 0 bridgehead atoms. The Morgan fingerprint density at radius 2 is 1.77 bits per heavy atom. The lowest BCUT2D eigenvalue weighted by molar-refractivity contribution is -0.274. The average molecular weight is 465 g/mol. The normalized spacial score (nSPS) is 15.2. The highest BCUT2D eigenvalue weighted by Crippen LogP contribution is 2.36. The first kappa shape index (κ1) is 22.2. The number of hydrogen-bond acceptors (Lipinski definition) is 5. The van der Waals surface area contributed by atoms with E-state index in [2.05, 4.69) is 10.1 Å². The molecule has 162 valence electrons. The van der Waals surface area contributed by atoms with Crippen molar-refractivity contribution in [1.29, 1.82) is 0 Å². The zero-order valence-corrected chi connectivity index (χ0v) is 16.8. The summed E-state index contributed by atoms with van der Waals surface area (Å²) in [5, 5.41) is 11.8. The van der Waals surface area contributed by atoms with Gasteiger partial charge < -0.3 is 15.2 Å². The number of alkyl halides is 3. The fourth-order valence-corrected chi connectivity index (χ4v) is 5.07. The van der Waals surface area contributed by atoms with Gasteiger partial charge in [0, 0.05) is 13.1 Å². The zero-order valence-electron chi connectivity index (χ0n) is 15.2. The number of carboxylic acid groups (broad SMARTS) is 1. The predicted molar refractivity (Wildman–Crippen MR) is 103 cm³/mol. The van der Waals surface area contributed by atoms with Gasteiger partial charge in [0.25, 0.3) is 0 Å². The average Bonchev–Trinajstić information content (AvgIpc) is 3.17. The third kappa shape index (κ3) is 4.79. The highest BCUT2D eigenvalue weighted by molar-refractivity contribution is 7.89. The van der Waals surface area contributed by atoms with Crippen molar-refractivity contribution in [3.63, 3.8) is 0 Å². The summed E-state index contributed by atoms with van der Waals surface area (Å²) in [6, 6.07) is 6.97. The van der Waals surface area contributed by atoms with Gasteiger partial charge in [-0.2, -0.15) is 4.31 Å². The number of aromatic carboxylic acids is 1. The Balaban J connectivity index is 2.03. The van der Waals surface area contributed by atoms with Crippen LogP contribution < -0.4 is 10.1 Å². The molecule has 0 spiro atoms. The van der Waals surface area contributed by atoms with Crippen LogP contribution in [0.5, 0.6) is 5.75 Å². The molecule has 1 aliphatic rings. The Labute approximate surface area is 175 Å². The van der Waals surface area contributed by atoms with Crippen molar-refractivity contribution in [2.45, 2.75) is 24.1 Å². The smallest absolute Gasteiger partial charge is 0.478 e. The fourth-order valence-electron chi connectivity index (χ4n) is 3.03. The molecule has 1 saturated heterocycles. The van der Waals surface area contributed by atoms with Crippen molar-refractivity contribution in [2.24, 2.45) is 0 Å². The van der Waals surface area contributed by atoms with Crippen molar-refractivity contribution < 1.29 is 36.2 Å². The second-order valence-electron chi connectivity index (χ2n) is 6.41. The van der Waals surface area contributed by atoms with Gasteiger partial charge in [-0.05, 0) is 37.1 Å². The molecule has 1 aliphatic heterocycles. The molecule has 0 atom stereocenters. The molecule has 1 fully saturated rings. The summed E-state index contributed by atoms with van der Waals surface area (Å²) >= 11 is 6.13. The third-order valence-electron chi connectivity index (χ3n) is 4.37. The molecule has 0 unspecified atom stereocenters. The molecule has 2 aromatic carbocycles. The van der Waals surface area contributed by atoms with Crippen LogP contribution >= 0.6 is 11.6 Å². The molecule has 0 amide bonds. The lowest BCUT2D eigenvalue weighted by atomic mass is 10.1. The van der Waals surface area contributed by atoms with E-state index >= 15 is 0 Å². The minimum Gasteiger partial charge on any atom is -0.478 e. The van der Waals surface area contributed by atoms with Gasteiger partial charge in [0.2, 0.25) is 10.0 Å². The van der Waals surface area contributed by atoms with Crippen LogP contribution in [0.3, 0.4) is 0 Å². The number of nitrogens with one attached hydrogen (secondary N) is 1. The summed E-state index contributed by atoms with van der Waals surface area (Å²) in [6.45, 7) is 0.590. The van der Waals surface area contributed by atoms with E-state index in [-0.39, 0.29) is 21.3 Å². The van der Waals surface area contributed by atoms with Crippen molar-refractivity contribution in [2.75, 3.05) is 18.4 Å². The van der Waals surface area contributed by atoms with E-state index in [0.29, 0.717) is 25.9 Å². The number of ether oxygens (including phenoxy) is 1. The first-order valence-corrected chi connectivity index (χ1v) is 10.5. The van der Waals surface area contributed by atoms with Crippen LogP contribution in [-0.2, 0) is 10.0 Å². The summed E-state index contributed by atoms with van der Waals surface area (Å²) in [5.41, 5.74) is -0.839. The molecule has 2 aromatic rings. The molecular formula is C18H16ClF3N2O5S. The van der Waals surface area contributed by atoms with Crippen molar-refractivity contribution in [3.05, 3.63) is 47.0 Å². The summed E-state index contributed by atoms with van der Waals surface area (Å²) < 4.78 is 68.6. The second kappa shape index (κ2) is 8.32. The first-order chi connectivity index (χ1) is 14.0. The maximum atomic E-state index is 12.8. The van der Waals surface area contributed by atoms with Gasteiger partial charge in [-0.25, -0.2) is 13.2 Å². The molecule has 2 N–H and O–H groups in total. The minimum absolute atomic E-state index is 0.177. The molecule has 30 heavy (non-hydrogen) atoms. The fraction of sp³-hybridized carbons (Fsp3) is 0.278. The standard InChI is InChI=1S/C18H16ClF3N2O5S/c19-12-10-14(23-13-5-1-2-6-15(13)29-18(20,21)22)11(17(25)26)9-16(12)30(27,28)24-7-3-4-8-24/h1-2,5-6,9-10,23H,3-4,7-8H2,(H,25,26). The minimum atomic E-state index is -4.96. The van der Waals surface area contributed by atoms with Gasteiger partial charge in [0.05, 0.1) is 22.0 Å². The van der Waals surface area contributed by atoms with E-state index < -0.39 is 33.7 Å². The second-order valence-corrected chi connectivity index (χ2v) is 8.73. The Hall–Kier alpha value is -2.50. The number of halogens is 4. The lowest BCUT2D eigenvalue weighted by Crippen LogP contribution is -2.28. The molecule has 0 radical (unpaired) electrons. The van der Waals surface area contributed by atoms with Crippen molar-refractivity contribution >= 4 is 39.0 Å². The number of anilines is 2. The van der Waals surface area contributed by atoms with Gasteiger partial charge in [0.15, 0.2) is 5.75 Å². The van der Waals surface area contributed by atoms with Crippen LogP contribution in [0, 0.1) is 0 Å². The number of nitrogens with zero attached hydrogens (tertiary/aromatic N) is 1. The molecule has 3 rings (SSSR count). The number of carbonyl (C=O) groups is 1. The Morgan fingerprint density at radius 3 is 2.37 bits per heavy atom. The SMILES string of the molecule is O=C(O)c1cc(S(=O)(=O)N2CCCC2)c(Cl)cc1Nc1ccccc1OC(F)(F)F. The highest BCUT2D eigenvalue weighted by atomic mass is 35.5. The van der Waals surface area contributed by atoms with E-state index in [9.17, 15) is 31.5 Å². The van der Waals surface area contributed by atoms with E-state index in [1.54, 1.807) is 0 Å². The number of sulfonamides is 1. The summed E-state index contributed by atoms with van der Waals surface area (Å²) in [4.78, 5) is 11.4. The molecule has 0 saturated carbocycles. The lowest BCUT2D eigenvalue weighted by Gasteiger charge is -2.19. The maximum absolute atomic E-state index is 12.8. The maximum Gasteiger partial charge on any atom is 0.573 e. The summed E-state index contributed by atoms with van der Waals surface area (Å²) in [5.74, 6) is -2.08. The van der Waals surface area contributed by atoms with Gasteiger partial charge in [-0.1, -0.05) is 23.7 Å². The van der Waals surface area contributed by atoms with Gasteiger partial charge in [-0.15, -0.1) is 13.2 Å². The summed E-state index contributed by atoms with van der Waals surface area (Å²) in [7, 11) is -4.01. The van der Waals surface area contributed by atoms with Gasteiger partial charge in [0.1, 0.15) is 4.90 Å². The van der Waals surface area contributed by atoms with E-state index in [0.717, 1.165) is 18.2 Å². The largest absolute Gasteiger partial charge is 0.573 e. The number of benzene rings is 2. The molecule has 12 heteroatoms. The molecule has 0 aromatic heterocycles. The van der Waals surface area contributed by atoms with Crippen molar-refractivity contribution in [1.82, 2.24) is 4.31 Å². The van der Waals surface area contributed by atoms with Crippen molar-refractivity contribution in [3.8, 4) is 5.75 Å². The molecular weight excluding hydrogens is 449 g/mol. The van der Waals surface area contributed by atoms with E-state index in [1.807, 2.05) is 0 Å². The van der Waals surface area contributed by atoms with E-state index in [1.165, 1.54) is 22.5 Å². The topological polar surface area (TPSA) is 95.9 Å². The van der Waals surface area contributed by atoms with Gasteiger partial charge >= 0.3 is 12.3 Å². The van der Waals surface area contributed by atoms with Gasteiger partial charge in [-0.3, -0.25) is 0 Å². The third-order valence-corrected chi connectivity index (χ3v) is 6.73. The van der Waals surface area contributed by atoms with Crippen LogP contribution in [0.15, 0.2) is 41.3 Å². The van der Waals surface area contributed by atoms with Crippen LogP contribution in [-0.4, -0.2) is 43.3 Å². The Morgan fingerprint density at radius 1 is 1.13 bits per heavy atom. The van der Waals surface area contributed by atoms with Crippen LogP contribution in [0.25, 0.3) is 0 Å². The number of hydrogen-bond donors (Lipinski definition) is 2. The quantitative estimate of drug-likeness (QED) is 0.655. The van der Waals surface area contributed by atoms with Crippen LogP contribution in [0.4, 0.5) is 24.5 Å². The first-order valence-electron chi connectivity index (χ1n) is 8.68. The number of carboxylic acids is 1. The van der Waals surface area contributed by atoms with E-state index in [4.69, 9.17) is 11.6 Å². The van der Waals surface area contributed by atoms with Crippen LogP contribution in [0.1, 0.15) is 23.2 Å². The Kier molecular flexibility index (Phi) is 6.16. The highest BCUT2D eigenvalue weighted by Gasteiger charge is 2.33. The Bertz CT molecular complexity index is 1070.